The van der Waals surface area contributed by atoms with Crippen LogP contribution < -0.4 is 46.5 Å². The number of carboxylic acids is 2. The van der Waals surface area contributed by atoms with Gasteiger partial charge in [0.2, 0.25) is 0 Å². The minimum absolute atomic E-state index is 0. The van der Waals surface area contributed by atoms with Crippen LogP contribution in [-0.4, -0.2) is 125 Å². The average molecular weight is 664 g/mol. The summed E-state index contributed by atoms with van der Waals surface area (Å²) in [5.74, 6) is -2.25. The van der Waals surface area contributed by atoms with Crippen molar-refractivity contribution in [1.29, 1.82) is 0 Å². The van der Waals surface area contributed by atoms with E-state index >= 15 is 0 Å². The van der Waals surface area contributed by atoms with Crippen molar-refractivity contribution in [3.05, 3.63) is 33.8 Å². The van der Waals surface area contributed by atoms with E-state index in [0.29, 0.717) is 68.9 Å². The third-order valence-corrected chi connectivity index (χ3v) is 6.57. The van der Waals surface area contributed by atoms with Gasteiger partial charge in [0.1, 0.15) is 5.60 Å². The molecule has 1 aromatic rings. The zero-order valence-electron chi connectivity index (χ0n) is 23.2. The molecule has 0 amide bonds. The zero-order valence-corrected chi connectivity index (χ0v) is 28.3. The summed E-state index contributed by atoms with van der Waals surface area (Å²) in [5, 5.41) is 19.9. The summed E-state index contributed by atoms with van der Waals surface area (Å²) in [5.41, 5.74) is 0.174. The molecule has 10 nitrogen and oxygen atoms in total. The molecule has 1 fully saturated rings. The Morgan fingerprint density at radius 3 is 1.49 bits per heavy atom. The number of hydrogen-bond acceptors (Lipinski definition) is 8. The summed E-state index contributed by atoms with van der Waals surface area (Å²) in [6.07, 6.45) is 0. The van der Waals surface area contributed by atoms with E-state index in [1.54, 1.807) is 28.0 Å². The van der Waals surface area contributed by atoms with Crippen molar-refractivity contribution < 1.29 is 75.9 Å². The van der Waals surface area contributed by atoms with Crippen LogP contribution in [0.1, 0.15) is 26.3 Å². The van der Waals surface area contributed by atoms with Crippen LogP contribution in [0.25, 0.3) is 0 Å². The first-order chi connectivity index (χ1) is 17.3. The Morgan fingerprint density at radius 2 is 1.13 bits per heavy atom. The van der Waals surface area contributed by atoms with Gasteiger partial charge in [-0.2, -0.15) is 0 Å². The second kappa shape index (κ2) is 18.9. The van der Waals surface area contributed by atoms with Crippen molar-refractivity contribution in [2.24, 2.45) is 0 Å². The Morgan fingerprint density at radius 1 is 0.769 bits per heavy atom. The van der Waals surface area contributed by atoms with Gasteiger partial charge in [-0.3, -0.25) is 34.0 Å². The number of benzene rings is 1. The van der Waals surface area contributed by atoms with Crippen LogP contribution in [-0.2, 0) is 25.7 Å². The minimum Gasteiger partial charge on any atom is -1.00 e. The molecule has 2 N–H and O–H groups in total. The molecular weight excluding hydrogens is 626 g/mol. The number of carbonyl (C=O) groups excluding carboxylic acids is 1. The Bertz CT molecular complexity index is 920. The second-order valence-electron chi connectivity index (χ2n) is 10.2. The van der Waals surface area contributed by atoms with E-state index in [2.05, 4.69) is 4.90 Å². The second-order valence-corrected chi connectivity index (χ2v) is 11.0. The van der Waals surface area contributed by atoms with Gasteiger partial charge >= 0.3 is 47.5 Å². The van der Waals surface area contributed by atoms with Crippen molar-refractivity contribution >= 4 is 41.1 Å². The first kappa shape index (κ1) is 38.5. The maximum atomic E-state index is 12.6. The van der Waals surface area contributed by atoms with E-state index < -0.39 is 17.5 Å². The van der Waals surface area contributed by atoms with Gasteiger partial charge < -0.3 is 31.9 Å². The molecule has 0 atom stereocenters. The van der Waals surface area contributed by atoms with Crippen molar-refractivity contribution in [3.8, 4) is 0 Å². The van der Waals surface area contributed by atoms with Gasteiger partial charge in [0, 0.05) is 74.5 Å². The van der Waals surface area contributed by atoms with Crippen LogP contribution in [0.4, 0.5) is 0 Å². The van der Waals surface area contributed by atoms with E-state index in [4.69, 9.17) is 27.9 Å². The van der Waals surface area contributed by atoms with E-state index in [-0.39, 0.29) is 72.1 Å². The molecule has 0 bridgehead atoms. The van der Waals surface area contributed by atoms with Crippen LogP contribution in [0.3, 0.4) is 0 Å². The molecule has 1 heterocycles. The molecule has 0 radical (unpaired) electrons. The van der Waals surface area contributed by atoms with E-state index in [1.807, 2.05) is 25.7 Å². The monoisotopic (exact) mass is 662 g/mol. The number of carboxylic acid groups (broad SMARTS) is 2. The Kier molecular flexibility index (Phi) is 18.6. The van der Waals surface area contributed by atoms with E-state index in [9.17, 15) is 24.6 Å². The van der Waals surface area contributed by atoms with Crippen molar-refractivity contribution in [3.63, 3.8) is 0 Å². The molecule has 1 saturated heterocycles. The number of esters is 1. The quantitative estimate of drug-likeness (QED) is 0.212. The van der Waals surface area contributed by atoms with E-state index in [1.165, 1.54) is 0 Å². The summed E-state index contributed by atoms with van der Waals surface area (Å²) in [7, 11) is 0. The average Bonchev–Trinajstić information content (AvgIpc) is 2.75. The molecule has 0 saturated carbocycles. The molecule has 0 unspecified atom stereocenters. The van der Waals surface area contributed by atoms with Gasteiger partial charge in [-0.1, -0.05) is 29.3 Å². The summed E-state index contributed by atoms with van der Waals surface area (Å²) in [6.45, 7) is 9.37. The van der Waals surface area contributed by atoms with Gasteiger partial charge in [-0.05, 0) is 32.9 Å². The molecule has 0 aliphatic carbocycles. The molecule has 216 valence electrons. The van der Waals surface area contributed by atoms with E-state index in [0.717, 1.165) is 5.56 Å². The van der Waals surface area contributed by atoms with Gasteiger partial charge in [0.25, 0.3) is 0 Å². The summed E-state index contributed by atoms with van der Waals surface area (Å²) in [4.78, 5) is 43.1. The predicted octanol–water partition coefficient (Wildman–Crippen LogP) is -3.77. The van der Waals surface area contributed by atoms with Gasteiger partial charge in [-0.25, -0.2) is 0 Å². The largest absolute Gasteiger partial charge is 1.00 e. The maximum Gasteiger partial charge on any atom is 1.00 e. The van der Waals surface area contributed by atoms with Crippen LogP contribution in [0.5, 0.6) is 0 Å². The number of ether oxygens (including phenoxy) is 1. The SMILES string of the molecule is CC(C)(C)OC(=O)CN1CCN(CC(=O)O)CCN(CC(=O)O)CCN(Cc2c(Cl)cccc2Cl)CC1.[Br-].[Na+]. The van der Waals surface area contributed by atoms with Gasteiger partial charge in [0.15, 0.2) is 0 Å². The molecule has 39 heavy (non-hydrogen) atoms. The fourth-order valence-corrected chi connectivity index (χ4v) is 4.57. The fourth-order valence-electron chi connectivity index (χ4n) is 4.06. The normalized spacial score (nSPS) is 17.2. The number of halogens is 3. The van der Waals surface area contributed by atoms with Crippen molar-refractivity contribution in [1.82, 2.24) is 19.6 Å². The Hall–Kier alpha value is -0.470. The topological polar surface area (TPSA) is 114 Å². The number of rotatable bonds is 8. The van der Waals surface area contributed by atoms with Crippen LogP contribution in [0.15, 0.2) is 18.2 Å². The Labute approximate surface area is 273 Å². The van der Waals surface area contributed by atoms with Crippen LogP contribution in [0, 0.1) is 0 Å². The first-order valence-corrected chi connectivity index (χ1v) is 13.1. The fraction of sp³-hybridized carbons (Fsp3) is 0.640. The van der Waals surface area contributed by atoms with Gasteiger partial charge in [-0.15, -0.1) is 0 Å². The summed E-state index contributed by atoms with van der Waals surface area (Å²) < 4.78 is 5.51. The minimum atomic E-state index is -0.960. The predicted molar refractivity (Wildman–Crippen MR) is 142 cm³/mol. The zero-order chi connectivity index (χ0) is 27.6. The number of hydrogen-bond donors (Lipinski definition) is 2. The molecule has 0 spiro atoms. The molecule has 1 aliphatic heterocycles. The van der Waals surface area contributed by atoms with Gasteiger partial charge in [0.05, 0.1) is 19.6 Å². The molecule has 1 aromatic carbocycles. The standard InChI is InChI=1S/C25H38Cl2N4O6.BrH.Na/c1-25(2,3)37-24(36)18-31-13-8-28(15-19-20(26)5-4-6-21(19)27)7-9-29(16-22(32)33)10-11-30(12-14-31)17-23(34)35;;/h4-6H,7-18H2,1-3H3,(H,32,33)(H,34,35);1H;/q;;+1/p-1. The van der Waals surface area contributed by atoms with Crippen molar-refractivity contribution in [2.75, 3.05) is 72.0 Å². The van der Waals surface area contributed by atoms with Crippen molar-refractivity contribution in [2.45, 2.75) is 32.9 Å². The summed E-state index contributed by atoms with van der Waals surface area (Å²) >= 11 is 12.8. The molecule has 14 heteroatoms. The smallest absolute Gasteiger partial charge is 1.00 e. The molecular formula is C25H38BrCl2N4NaO6. The first-order valence-electron chi connectivity index (χ1n) is 12.3. The molecule has 0 aromatic heterocycles. The third-order valence-electron chi connectivity index (χ3n) is 5.86. The molecule has 2 rings (SSSR count). The number of carbonyl (C=O) groups is 3. The van der Waals surface area contributed by atoms with Crippen LogP contribution >= 0.6 is 23.2 Å². The summed E-state index contributed by atoms with van der Waals surface area (Å²) in [6, 6.07) is 5.34. The Balaban J connectivity index is 0.00000722. The number of nitrogens with zero attached hydrogens (tertiary/aromatic N) is 4. The number of aliphatic carboxylic acids is 2. The van der Waals surface area contributed by atoms with Crippen LogP contribution in [0.2, 0.25) is 10.0 Å². The third kappa shape index (κ3) is 15.9. The maximum absolute atomic E-state index is 12.6. The molecule has 1 aliphatic rings.